The van der Waals surface area contributed by atoms with E-state index < -0.39 is 17.2 Å². The molecule has 0 bridgehead atoms. The van der Waals surface area contributed by atoms with Crippen LogP contribution in [-0.4, -0.2) is 46.2 Å². The second-order valence-electron chi connectivity index (χ2n) is 5.80. The van der Waals surface area contributed by atoms with E-state index in [-0.39, 0.29) is 12.4 Å². The van der Waals surface area contributed by atoms with Crippen LogP contribution in [0.4, 0.5) is 0 Å². The molecule has 126 valence electrons. The van der Waals surface area contributed by atoms with Gasteiger partial charge < -0.3 is 14.6 Å². The van der Waals surface area contributed by atoms with Gasteiger partial charge in [-0.25, -0.2) is 9.78 Å². The molecule has 0 spiro atoms. The molecule has 0 fully saturated rings. The van der Waals surface area contributed by atoms with Crippen molar-refractivity contribution in [2.45, 2.75) is 26.8 Å². The number of halogens is 1. The van der Waals surface area contributed by atoms with E-state index in [2.05, 4.69) is 4.98 Å². The number of aromatic carboxylic acids is 1. The number of benzene rings is 1. The fourth-order valence-corrected chi connectivity index (χ4v) is 2.40. The van der Waals surface area contributed by atoms with Gasteiger partial charge in [0.25, 0.3) is 5.56 Å². The van der Waals surface area contributed by atoms with Gasteiger partial charge in [-0.15, -0.1) is 12.4 Å². The Morgan fingerprint density at radius 2 is 1.87 bits per heavy atom. The largest absolute Gasteiger partial charge is 0.476 e. The lowest BCUT2D eigenvalue weighted by atomic mass is 10.1. The molecule has 0 radical (unpaired) electrons. The van der Waals surface area contributed by atoms with Crippen molar-refractivity contribution in [3.63, 3.8) is 0 Å². The summed E-state index contributed by atoms with van der Waals surface area (Å²) in [5.41, 5.74) is 2.36. The van der Waals surface area contributed by atoms with E-state index in [1.165, 1.54) is 4.57 Å². The lowest BCUT2D eigenvalue weighted by molar-refractivity contribution is 0.0688. The topological polar surface area (TPSA) is 75.4 Å². The molecular formula is C16H22ClN3O3. The first-order valence-corrected chi connectivity index (χ1v) is 7.21. The van der Waals surface area contributed by atoms with Crippen LogP contribution in [0.2, 0.25) is 0 Å². The Morgan fingerprint density at radius 3 is 2.43 bits per heavy atom. The Bertz CT molecular complexity index is 784. The molecule has 0 aliphatic heterocycles. The number of hydrogen-bond acceptors (Lipinski definition) is 4. The molecular weight excluding hydrogens is 318 g/mol. The zero-order chi connectivity index (χ0) is 16.4. The Balaban J connectivity index is 0.00000264. The fraction of sp³-hybridized carbons (Fsp3) is 0.438. The van der Waals surface area contributed by atoms with Crippen LogP contribution in [0.3, 0.4) is 0 Å². The fourth-order valence-electron chi connectivity index (χ4n) is 2.40. The molecule has 0 aliphatic rings. The molecule has 0 saturated heterocycles. The van der Waals surface area contributed by atoms with Crippen molar-refractivity contribution in [3.05, 3.63) is 39.3 Å². The molecule has 0 amide bonds. The molecule has 0 unspecified atom stereocenters. The van der Waals surface area contributed by atoms with Gasteiger partial charge in [0.05, 0.1) is 11.0 Å². The molecule has 2 aromatic rings. The van der Waals surface area contributed by atoms with E-state index in [1.54, 1.807) is 0 Å². The Kier molecular flexibility index (Phi) is 6.29. The van der Waals surface area contributed by atoms with E-state index in [0.717, 1.165) is 24.1 Å². The average Bonchev–Trinajstić information content (AvgIpc) is 2.42. The number of carbonyl (C=O) groups is 1. The van der Waals surface area contributed by atoms with Crippen molar-refractivity contribution in [3.8, 4) is 0 Å². The summed E-state index contributed by atoms with van der Waals surface area (Å²) in [7, 11) is 3.92. The quantitative estimate of drug-likeness (QED) is 0.902. The zero-order valence-electron chi connectivity index (χ0n) is 13.8. The highest BCUT2D eigenvalue weighted by atomic mass is 35.5. The molecule has 1 aromatic carbocycles. The normalized spacial score (nSPS) is 10.8. The monoisotopic (exact) mass is 339 g/mol. The van der Waals surface area contributed by atoms with Crippen LogP contribution in [0.25, 0.3) is 11.0 Å². The molecule has 2 rings (SSSR count). The van der Waals surface area contributed by atoms with E-state index in [1.807, 2.05) is 45.0 Å². The molecule has 7 heteroatoms. The standard InChI is InChI=1S/C16H21N3O3.ClH/c1-10-8-12-13(9-11(10)2)19(7-5-6-18(3)4)15(20)14(17-12)16(21)22;/h8-9H,5-7H2,1-4H3,(H,21,22);1H. The van der Waals surface area contributed by atoms with Crippen molar-refractivity contribution in [1.29, 1.82) is 0 Å². The third-order valence-electron chi connectivity index (χ3n) is 3.75. The molecule has 0 atom stereocenters. The van der Waals surface area contributed by atoms with Crippen LogP contribution in [0.5, 0.6) is 0 Å². The van der Waals surface area contributed by atoms with Crippen LogP contribution < -0.4 is 5.56 Å². The lowest BCUT2D eigenvalue weighted by Gasteiger charge is -2.14. The Morgan fingerprint density at radius 1 is 1.26 bits per heavy atom. The van der Waals surface area contributed by atoms with Crippen LogP contribution in [0, 0.1) is 13.8 Å². The second-order valence-corrected chi connectivity index (χ2v) is 5.80. The van der Waals surface area contributed by atoms with Crippen molar-refractivity contribution in [1.82, 2.24) is 14.5 Å². The van der Waals surface area contributed by atoms with Crippen LogP contribution >= 0.6 is 12.4 Å². The maximum absolute atomic E-state index is 12.4. The Labute approximate surface area is 141 Å². The zero-order valence-corrected chi connectivity index (χ0v) is 14.6. The predicted molar refractivity (Wildman–Crippen MR) is 92.9 cm³/mol. The number of nitrogens with zero attached hydrogens (tertiary/aromatic N) is 3. The highest BCUT2D eigenvalue weighted by Gasteiger charge is 2.17. The lowest BCUT2D eigenvalue weighted by Crippen LogP contribution is -2.29. The molecule has 0 aliphatic carbocycles. The van der Waals surface area contributed by atoms with E-state index >= 15 is 0 Å². The number of fused-ring (bicyclic) bond motifs is 1. The third-order valence-corrected chi connectivity index (χ3v) is 3.75. The maximum atomic E-state index is 12.4. The predicted octanol–water partition coefficient (Wildman–Crippen LogP) is 2.09. The number of carboxylic acids is 1. The number of carboxylic acid groups (broad SMARTS) is 1. The first kappa shape index (κ1) is 19.1. The number of rotatable bonds is 5. The number of aryl methyl sites for hydroxylation is 3. The molecule has 1 heterocycles. The van der Waals surface area contributed by atoms with Gasteiger partial charge in [0, 0.05) is 6.54 Å². The number of aromatic nitrogens is 2. The van der Waals surface area contributed by atoms with E-state index in [9.17, 15) is 14.7 Å². The van der Waals surface area contributed by atoms with Crippen molar-refractivity contribution in [2.24, 2.45) is 0 Å². The molecule has 6 nitrogen and oxygen atoms in total. The van der Waals surface area contributed by atoms with Crippen LogP contribution in [0.15, 0.2) is 16.9 Å². The summed E-state index contributed by atoms with van der Waals surface area (Å²) in [6.45, 7) is 5.20. The minimum atomic E-state index is -1.29. The van der Waals surface area contributed by atoms with Gasteiger partial charge >= 0.3 is 5.97 Å². The third kappa shape index (κ3) is 4.09. The molecule has 1 aromatic heterocycles. The summed E-state index contributed by atoms with van der Waals surface area (Å²) in [4.78, 5) is 29.7. The second kappa shape index (κ2) is 7.57. The summed E-state index contributed by atoms with van der Waals surface area (Å²) in [6.07, 6.45) is 0.762. The number of hydrogen-bond donors (Lipinski definition) is 1. The summed E-state index contributed by atoms with van der Waals surface area (Å²) < 4.78 is 1.53. The van der Waals surface area contributed by atoms with Gasteiger partial charge in [0.1, 0.15) is 0 Å². The molecule has 0 saturated carbocycles. The van der Waals surface area contributed by atoms with Gasteiger partial charge in [-0.05, 0) is 64.2 Å². The minimum Gasteiger partial charge on any atom is -0.476 e. The van der Waals surface area contributed by atoms with Crippen LogP contribution in [-0.2, 0) is 6.54 Å². The summed E-state index contributed by atoms with van der Waals surface area (Å²) >= 11 is 0. The highest BCUT2D eigenvalue weighted by Crippen LogP contribution is 2.17. The van der Waals surface area contributed by atoms with E-state index in [4.69, 9.17) is 0 Å². The van der Waals surface area contributed by atoms with Gasteiger partial charge in [-0.2, -0.15) is 0 Å². The molecule has 23 heavy (non-hydrogen) atoms. The van der Waals surface area contributed by atoms with Crippen molar-refractivity contribution in [2.75, 3.05) is 20.6 Å². The summed E-state index contributed by atoms with van der Waals surface area (Å²) in [6, 6.07) is 3.74. The van der Waals surface area contributed by atoms with Gasteiger partial charge in [0.2, 0.25) is 5.69 Å². The summed E-state index contributed by atoms with van der Waals surface area (Å²) in [5.74, 6) is -1.29. The van der Waals surface area contributed by atoms with Crippen LogP contribution in [0.1, 0.15) is 28.0 Å². The average molecular weight is 340 g/mol. The first-order chi connectivity index (χ1) is 10.3. The van der Waals surface area contributed by atoms with Crippen molar-refractivity contribution >= 4 is 29.4 Å². The van der Waals surface area contributed by atoms with Gasteiger partial charge in [0.15, 0.2) is 0 Å². The SMILES string of the molecule is Cc1cc2nc(C(=O)O)c(=O)n(CCCN(C)C)c2cc1C.Cl. The highest BCUT2D eigenvalue weighted by molar-refractivity contribution is 5.88. The summed E-state index contributed by atoms with van der Waals surface area (Å²) in [5, 5.41) is 9.20. The Hall–Kier alpha value is -1.92. The van der Waals surface area contributed by atoms with E-state index in [0.29, 0.717) is 17.6 Å². The maximum Gasteiger partial charge on any atom is 0.360 e. The molecule has 1 N–H and O–H groups in total. The minimum absolute atomic E-state index is 0. The van der Waals surface area contributed by atoms with Gasteiger partial charge in [-0.3, -0.25) is 4.79 Å². The first-order valence-electron chi connectivity index (χ1n) is 7.21. The smallest absolute Gasteiger partial charge is 0.360 e. The van der Waals surface area contributed by atoms with Gasteiger partial charge in [-0.1, -0.05) is 0 Å². The van der Waals surface area contributed by atoms with Crippen molar-refractivity contribution < 1.29 is 9.90 Å².